The first-order valence-corrected chi connectivity index (χ1v) is 7.02. The van der Waals surface area contributed by atoms with Gasteiger partial charge in [-0.2, -0.15) is 13.2 Å². The number of halogens is 4. The monoisotopic (exact) mass is 358 g/mol. The number of benzene rings is 2. The third-order valence-corrected chi connectivity index (χ3v) is 4.36. The summed E-state index contributed by atoms with van der Waals surface area (Å²) in [5.41, 5.74) is 3.48. The minimum absolute atomic E-state index is 0.0961. The predicted octanol–water partition coefficient (Wildman–Crippen LogP) is 4.33. The Balaban J connectivity index is 2.60. The van der Waals surface area contributed by atoms with E-state index in [1.165, 1.54) is 12.1 Å². The summed E-state index contributed by atoms with van der Waals surface area (Å²) in [4.78, 5) is 0. The number of hydrazine groups is 1. The largest absolute Gasteiger partial charge is 0.416 e. The van der Waals surface area contributed by atoms with Crippen LogP contribution < -0.4 is 11.3 Å². The second-order valence-corrected chi connectivity index (χ2v) is 5.46. The van der Waals surface area contributed by atoms with Crippen LogP contribution >= 0.6 is 15.9 Å². The Morgan fingerprint density at radius 2 is 1.67 bits per heavy atom. The molecule has 0 aliphatic rings. The molecule has 6 heteroatoms. The number of hydrogen-bond donors (Lipinski definition) is 2. The van der Waals surface area contributed by atoms with Crippen LogP contribution in [0.15, 0.2) is 46.9 Å². The number of alkyl halides is 3. The van der Waals surface area contributed by atoms with E-state index in [4.69, 9.17) is 5.84 Å². The highest BCUT2D eigenvalue weighted by Crippen LogP contribution is 2.38. The first kappa shape index (κ1) is 16.0. The van der Waals surface area contributed by atoms with Crippen molar-refractivity contribution < 1.29 is 13.2 Å². The molecule has 0 saturated carbocycles. The Labute approximate surface area is 129 Å². The highest BCUT2D eigenvalue weighted by Gasteiger charge is 2.35. The average molecular weight is 359 g/mol. The van der Waals surface area contributed by atoms with Gasteiger partial charge in [0.05, 0.1) is 11.6 Å². The van der Waals surface area contributed by atoms with Crippen molar-refractivity contribution in [1.82, 2.24) is 5.43 Å². The summed E-state index contributed by atoms with van der Waals surface area (Å²) >= 11 is 3.42. The quantitative estimate of drug-likeness (QED) is 0.633. The van der Waals surface area contributed by atoms with Crippen molar-refractivity contribution in [1.29, 1.82) is 0 Å². The Morgan fingerprint density at radius 3 is 2.29 bits per heavy atom. The fourth-order valence-electron chi connectivity index (χ4n) is 2.25. The van der Waals surface area contributed by atoms with E-state index in [0.717, 1.165) is 16.1 Å². The molecule has 2 aromatic rings. The third-order valence-electron chi connectivity index (χ3n) is 3.28. The van der Waals surface area contributed by atoms with Gasteiger partial charge in [0.1, 0.15) is 0 Å². The maximum Gasteiger partial charge on any atom is 0.416 e. The van der Waals surface area contributed by atoms with Crippen LogP contribution in [0.3, 0.4) is 0 Å². The van der Waals surface area contributed by atoms with Crippen molar-refractivity contribution in [3.8, 4) is 0 Å². The van der Waals surface area contributed by atoms with E-state index < -0.39 is 17.8 Å². The number of aryl methyl sites for hydroxylation is 1. The molecule has 21 heavy (non-hydrogen) atoms. The standard InChI is InChI=1S/C15H14BrF3N2/c1-9-5-4-7-11(13(9)16)14(21-20)10-6-2-3-8-12(10)15(17,18)19/h2-8,14,21H,20H2,1H3. The van der Waals surface area contributed by atoms with Gasteiger partial charge < -0.3 is 0 Å². The highest BCUT2D eigenvalue weighted by atomic mass is 79.9. The maximum atomic E-state index is 13.2. The van der Waals surface area contributed by atoms with E-state index in [1.54, 1.807) is 18.2 Å². The van der Waals surface area contributed by atoms with Gasteiger partial charge in [0.2, 0.25) is 0 Å². The zero-order valence-electron chi connectivity index (χ0n) is 11.2. The van der Waals surface area contributed by atoms with Gasteiger partial charge in [-0.1, -0.05) is 52.3 Å². The lowest BCUT2D eigenvalue weighted by molar-refractivity contribution is -0.138. The highest BCUT2D eigenvalue weighted by molar-refractivity contribution is 9.10. The minimum atomic E-state index is -4.43. The second-order valence-electron chi connectivity index (χ2n) is 4.66. The zero-order chi connectivity index (χ0) is 15.6. The lowest BCUT2D eigenvalue weighted by atomic mass is 9.93. The topological polar surface area (TPSA) is 38.0 Å². The van der Waals surface area contributed by atoms with Gasteiger partial charge in [-0.15, -0.1) is 0 Å². The molecule has 2 nitrogen and oxygen atoms in total. The zero-order valence-corrected chi connectivity index (χ0v) is 12.8. The second kappa shape index (κ2) is 6.17. The van der Waals surface area contributed by atoms with Gasteiger partial charge >= 0.3 is 6.18 Å². The van der Waals surface area contributed by atoms with Gasteiger partial charge in [-0.05, 0) is 29.7 Å². The van der Waals surface area contributed by atoms with E-state index >= 15 is 0 Å². The smallest absolute Gasteiger partial charge is 0.271 e. The molecule has 0 radical (unpaired) electrons. The Kier molecular flexibility index (Phi) is 4.70. The summed E-state index contributed by atoms with van der Waals surface area (Å²) in [7, 11) is 0. The van der Waals surface area contributed by atoms with Crippen LogP contribution in [0, 0.1) is 6.92 Å². The molecule has 0 amide bonds. The first-order chi connectivity index (χ1) is 9.86. The lowest BCUT2D eigenvalue weighted by Gasteiger charge is -2.23. The summed E-state index contributed by atoms with van der Waals surface area (Å²) in [6.45, 7) is 1.87. The first-order valence-electron chi connectivity index (χ1n) is 6.23. The predicted molar refractivity (Wildman–Crippen MR) is 79.5 cm³/mol. The van der Waals surface area contributed by atoms with Crippen LogP contribution in [-0.4, -0.2) is 0 Å². The molecule has 0 heterocycles. The average Bonchev–Trinajstić information content (AvgIpc) is 2.44. The van der Waals surface area contributed by atoms with E-state index in [0.29, 0.717) is 5.56 Å². The molecular formula is C15H14BrF3N2. The number of rotatable bonds is 3. The molecule has 0 spiro atoms. The Morgan fingerprint density at radius 1 is 1.05 bits per heavy atom. The normalized spacial score (nSPS) is 13.2. The molecule has 0 fully saturated rings. The summed E-state index contributed by atoms with van der Waals surface area (Å²) in [5, 5.41) is 0. The molecule has 0 aromatic heterocycles. The fourth-order valence-corrected chi connectivity index (χ4v) is 2.74. The van der Waals surface area contributed by atoms with Crippen LogP contribution in [0.25, 0.3) is 0 Å². The van der Waals surface area contributed by atoms with E-state index in [9.17, 15) is 13.2 Å². The summed E-state index contributed by atoms with van der Waals surface area (Å²) in [6.07, 6.45) is -4.43. The summed E-state index contributed by atoms with van der Waals surface area (Å²) in [6, 6.07) is 10.1. The van der Waals surface area contributed by atoms with Crippen molar-refractivity contribution in [3.63, 3.8) is 0 Å². The molecule has 3 N–H and O–H groups in total. The van der Waals surface area contributed by atoms with Crippen LogP contribution in [0.5, 0.6) is 0 Å². The van der Waals surface area contributed by atoms with Crippen molar-refractivity contribution >= 4 is 15.9 Å². The van der Waals surface area contributed by atoms with Crippen molar-refractivity contribution in [2.45, 2.75) is 19.1 Å². The SMILES string of the molecule is Cc1cccc(C(NN)c2ccccc2C(F)(F)F)c1Br. The van der Waals surface area contributed by atoms with Gasteiger partial charge in [0, 0.05) is 4.47 Å². The number of nitrogens with two attached hydrogens (primary N) is 1. The molecule has 1 atom stereocenters. The molecule has 2 aromatic carbocycles. The van der Waals surface area contributed by atoms with E-state index in [1.807, 2.05) is 13.0 Å². The minimum Gasteiger partial charge on any atom is -0.271 e. The van der Waals surface area contributed by atoms with Crippen LogP contribution in [-0.2, 0) is 6.18 Å². The van der Waals surface area contributed by atoms with Crippen LogP contribution in [0.1, 0.15) is 28.3 Å². The van der Waals surface area contributed by atoms with Gasteiger partial charge in [-0.25, -0.2) is 5.43 Å². The molecule has 112 valence electrons. The third kappa shape index (κ3) is 3.28. The molecular weight excluding hydrogens is 345 g/mol. The fraction of sp³-hybridized carbons (Fsp3) is 0.200. The summed E-state index contributed by atoms with van der Waals surface area (Å²) < 4.78 is 40.2. The van der Waals surface area contributed by atoms with Crippen LogP contribution in [0.2, 0.25) is 0 Å². The maximum absolute atomic E-state index is 13.2. The number of hydrogen-bond acceptors (Lipinski definition) is 2. The molecule has 0 bridgehead atoms. The Hall–Kier alpha value is -1.37. The lowest BCUT2D eigenvalue weighted by Crippen LogP contribution is -2.31. The van der Waals surface area contributed by atoms with E-state index in [-0.39, 0.29) is 5.56 Å². The number of nitrogens with one attached hydrogen (secondary N) is 1. The van der Waals surface area contributed by atoms with Crippen molar-refractivity contribution in [2.75, 3.05) is 0 Å². The van der Waals surface area contributed by atoms with Crippen molar-refractivity contribution in [2.24, 2.45) is 5.84 Å². The van der Waals surface area contributed by atoms with Crippen LogP contribution in [0.4, 0.5) is 13.2 Å². The van der Waals surface area contributed by atoms with Gasteiger partial charge in [0.25, 0.3) is 0 Å². The molecule has 0 aliphatic carbocycles. The molecule has 0 saturated heterocycles. The molecule has 2 rings (SSSR count). The summed E-state index contributed by atoms with van der Waals surface area (Å²) in [5.74, 6) is 5.53. The van der Waals surface area contributed by atoms with E-state index in [2.05, 4.69) is 21.4 Å². The van der Waals surface area contributed by atoms with Gasteiger partial charge in [-0.3, -0.25) is 5.84 Å². The molecule has 0 aliphatic heterocycles. The molecule has 1 unspecified atom stereocenters. The van der Waals surface area contributed by atoms with Crippen molar-refractivity contribution in [3.05, 3.63) is 69.2 Å². The van der Waals surface area contributed by atoms with Gasteiger partial charge in [0.15, 0.2) is 0 Å². The Bertz CT molecular complexity index is 641.